The minimum absolute atomic E-state index is 0.0731. The van der Waals surface area contributed by atoms with E-state index in [1.165, 1.54) is 16.7 Å². The summed E-state index contributed by atoms with van der Waals surface area (Å²) in [6.07, 6.45) is 0.0731. The Bertz CT molecular complexity index is 911. The highest BCUT2D eigenvalue weighted by molar-refractivity contribution is 5.92. The predicted molar refractivity (Wildman–Crippen MR) is 80.2 cm³/mol. The van der Waals surface area contributed by atoms with Crippen LogP contribution >= 0.6 is 0 Å². The highest BCUT2D eigenvalue weighted by atomic mass is 19.1. The first-order chi connectivity index (χ1) is 10.5. The van der Waals surface area contributed by atoms with Crippen molar-refractivity contribution in [2.45, 2.75) is 6.42 Å². The molecule has 0 spiro atoms. The molecule has 0 aliphatic rings. The number of halogens is 1. The third-order valence-corrected chi connectivity index (χ3v) is 3.37. The molecule has 22 heavy (non-hydrogen) atoms. The van der Waals surface area contributed by atoms with Crippen LogP contribution in [0.5, 0.6) is 0 Å². The molecule has 1 N–H and O–H groups in total. The Morgan fingerprint density at radius 2 is 2.05 bits per heavy atom. The number of hydrogen-bond donors (Lipinski definition) is 1. The van der Waals surface area contributed by atoms with Crippen LogP contribution in [0, 0.1) is 5.82 Å². The monoisotopic (exact) mass is 300 g/mol. The molecule has 112 valence electrons. The summed E-state index contributed by atoms with van der Waals surface area (Å²) in [5.74, 6) is -1.27. The molecule has 0 aliphatic carbocycles. The molecule has 3 aromatic rings. The number of aryl methyl sites for hydroxylation is 1. The average Bonchev–Trinajstić information content (AvgIpc) is 2.77. The highest BCUT2D eigenvalue weighted by Crippen LogP contribution is 2.16. The first kappa shape index (κ1) is 14.1. The number of carbonyl (C=O) groups is 1. The van der Waals surface area contributed by atoms with Gasteiger partial charge in [0.1, 0.15) is 5.82 Å². The third-order valence-electron chi connectivity index (χ3n) is 3.37. The van der Waals surface area contributed by atoms with Crippen LogP contribution in [-0.2, 0) is 18.3 Å². The van der Waals surface area contributed by atoms with Crippen molar-refractivity contribution in [2.24, 2.45) is 7.05 Å². The minimum atomic E-state index is -0.483. The molecule has 1 aromatic heterocycles. The quantitative estimate of drug-likeness (QED) is 0.808. The van der Waals surface area contributed by atoms with Crippen molar-refractivity contribution in [3.63, 3.8) is 0 Å². The van der Waals surface area contributed by atoms with Crippen LogP contribution in [0.25, 0.3) is 11.1 Å². The van der Waals surface area contributed by atoms with Crippen LogP contribution in [0.2, 0.25) is 0 Å². The van der Waals surface area contributed by atoms with Gasteiger partial charge >= 0.3 is 5.76 Å². The van der Waals surface area contributed by atoms with Crippen LogP contribution in [0.15, 0.2) is 51.7 Å². The van der Waals surface area contributed by atoms with Gasteiger partial charge in [0.2, 0.25) is 5.91 Å². The number of nitrogens with zero attached hydrogens (tertiary/aromatic N) is 1. The second-order valence-corrected chi connectivity index (χ2v) is 4.93. The summed E-state index contributed by atoms with van der Waals surface area (Å²) in [5.41, 5.74) is 1.92. The van der Waals surface area contributed by atoms with Gasteiger partial charge < -0.3 is 9.73 Å². The van der Waals surface area contributed by atoms with Gasteiger partial charge in [-0.1, -0.05) is 18.2 Å². The van der Waals surface area contributed by atoms with Gasteiger partial charge in [0.25, 0.3) is 0 Å². The van der Waals surface area contributed by atoms with Gasteiger partial charge in [-0.25, -0.2) is 9.18 Å². The maximum absolute atomic E-state index is 13.5. The first-order valence-corrected chi connectivity index (χ1v) is 6.67. The van der Waals surface area contributed by atoms with Crippen molar-refractivity contribution in [1.29, 1.82) is 0 Å². The lowest BCUT2D eigenvalue weighted by Gasteiger charge is -2.06. The number of aromatic nitrogens is 1. The summed E-state index contributed by atoms with van der Waals surface area (Å²) in [5, 5.41) is 2.52. The van der Waals surface area contributed by atoms with Gasteiger partial charge in [-0.05, 0) is 29.8 Å². The largest absolute Gasteiger partial charge is 0.419 e. The van der Waals surface area contributed by atoms with Crippen molar-refractivity contribution in [1.82, 2.24) is 4.57 Å². The van der Waals surface area contributed by atoms with E-state index >= 15 is 0 Å². The summed E-state index contributed by atoms with van der Waals surface area (Å²) < 4.78 is 19.9. The summed E-state index contributed by atoms with van der Waals surface area (Å²) in [6, 6.07) is 11.0. The number of oxazole rings is 1. The molecule has 0 radical (unpaired) electrons. The Balaban J connectivity index is 1.81. The Morgan fingerprint density at radius 1 is 1.27 bits per heavy atom. The lowest BCUT2D eigenvalue weighted by atomic mass is 10.1. The Hall–Kier alpha value is -2.89. The van der Waals surface area contributed by atoms with E-state index in [9.17, 15) is 14.0 Å². The van der Waals surface area contributed by atoms with Crippen molar-refractivity contribution in [2.75, 3.05) is 5.32 Å². The van der Waals surface area contributed by atoms with Crippen molar-refractivity contribution in [3.05, 3.63) is 64.4 Å². The number of hydrogen-bond acceptors (Lipinski definition) is 3. The number of amides is 1. The molecule has 0 atom stereocenters. The Kier molecular flexibility index (Phi) is 3.50. The average molecular weight is 300 g/mol. The number of nitrogens with one attached hydrogen (secondary N) is 1. The second kappa shape index (κ2) is 5.48. The number of anilines is 1. The molecule has 0 unspecified atom stereocenters. The smallest absolute Gasteiger partial charge is 0.408 e. The molecular formula is C16H13FN2O3. The lowest BCUT2D eigenvalue weighted by Crippen LogP contribution is -2.15. The summed E-state index contributed by atoms with van der Waals surface area (Å²) in [4.78, 5) is 23.4. The minimum Gasteiger partial charge on any atom is -0.408 e. The van der Waals surface area contributed by atoms with E-state index in [2.05, 4.69) is 5.32 Å². The van der Waals surface area contributed by atoms with Crippen molar-refractivity contribution >= 4 is 22.7 Å². The number of fused-ring (bicyclic) bond motifs is 1. The highest BCUT2D eigenvalue weighted by Gasteiger charge is 2.10. The van der Waals surface area contributed by atoms with E-state index in [0.29, 0.717) is 16.7 Å². The van der Waals surface area contributed by atoms with E-state index in [1.807, 2.05) is 0 Å². The maximum Gasteiger partial charge on any atom is 0.419 e. The molecule has 6 heteroatoms. The van der Waals surface area contributed by atoms with Crippen molar-refractivity contribution < 1.29 is 13.6 Å². The summed E-state index contributed by atoms with van der Waals surface area (Å²) in [7, 11) is 1.59. The van der Waals surface area contributed by atoms with Crippen molar-refractivity contribution in [3.8, 4) is 0 Å². The van der Waals surface area contributed by atoms with E-state index in [4.69, 9.17) is 4.42 Å². The fourth-order valence-corrected chi connectivity index (χ4v) is 2.22. The molecule has 0 saturated heterocycles. The van der Waals surface area contributed by atoms with Crippen LogP contribution in [0.4, 0.5) is 10.1 Å². The Labute approximate surface area is 125 Å². The normalized spacial score (nSPS) is 10.8. The molecule has 1 amide bonds. The third kappa shape index (κ3) is 2.63. The van der Waals surface area contributed by atoms with Crippen LogP contribution < -0.4 is 11.1 Å². The fraction of sp³-hybridized carbons (Fsp3) is 0.125. The molecule has 0 fully saturated rings. The lowest BCUT2D eigenvalue weighted by molar-refractivity contribution is -0.115. The SMILES string of the molecule is Cn1c(=O)oc2ccc(CC(=O)Nc3ccccc3F)cc21. The van der Waals surface area contributed by atoms with Gasteiger partial charge in [0, 0.05) is 7.05 Å². The zero-order chi connectivity index (χ0) is 15.7. The predicted octanol–water partition coefficient (Wildman–Crippen LogP) is 2.45. The molecular weight excluding hydrogens is 287 g/mol. The molecule has 2 aromatic carbocycles. The van der Waals surface area contributed by atoms with E-state index in [-0.39, 0.29) is 18.0 Å². The number of para-hydroxylation sites is 1. The van der Waals surface area contributed by atoms with Crippen LogP contribution in [-0.4, -0.2) is 10.5 Å². The standard InChI is InChI=1S/C16H13FN2O3/c1-19-13-8-10(6-7-14(13)22-16(19)21)9-15(20)18-12-5-3-2-4-11(12)17/h2-8H,9H2,1H3,(H,18,20). The van der Waals surface area contributed by atoms with E-state index in [1.54, 1.807) is 37.4 Å². The summed E-state index contributed by atoms with van der Waals surface area (Å²) in [6.45, 7) is 0. The second-order valence-electron chi connectivity index (χ2n) is 4.93. The molecule has 0 bridgehead atoms. The van der Waals surface area contributed by atoms with Gasteiger partial charge in [-0.3, -0.25) is 9.36 Å². The van der Waals surface area contributed by atoms with E-state index < -0.39 is 11.6 Å². The zero-order valence-electron chi connectivity index (χ0n) is 11.8. The van der Waals surface area contributed by atoms with Gasteiger partial charge in [0.05, 0.1) is 17.6 Å². The van der Waals surface area contributed by atoms with Gasteiger partial charge in [-0.15, -0.1) is 0 Å². The first-order valence-electron chi connectivity index (χ1n) is 6.67. The molecule has 0 saturated carbocycles. The van der Waals surface area contributed by atoms with Gasteiger partial charge in [-0.2, -0.15) is 0 Å². The summed E-state index contributed by atoms with van der Waals surface area (Å²) >= 11 is 0. The number of carbonyl (C=O) groups excluding carboxylic acids is 1. The fourth-order valence-electron chi connectivity index (χ4n) is 2.22. The van der Waals surface area contributed by atoms with E-state index in [0.717, 1.165) is 0 Å². The molecule has 1 heterocycles. The van der Waals surface area contributed by atoms with Crippen LogP contribution in [0.1, 0.15) is 5.56 Å². The molecule has 5 nitrogen and oxygen atoms in total. The topological polar surface area (TPSA) is 64.2 Å². The van der Waals surface area contributed by atoms with Crippen LogP contribution in [0.3, 0.4) is 0 Å². The maximum atomic E-state index is 13.5. The number of rotatable bonds is 3. The van der Waals surface area contributed by atoms with Gasteiger partial charge in [0.15, 0.2) is 5.58 Å². The zero-order valence-corrected chi connectivity index (χ0v) is 11.8. The Morgan fingerprint density at radius 3 is 2.82 bits per heavy atom. The number of benzene rings is 2. The molecule has 0 aliphatic heterocycles. The molecule has 3 rings (SSSR count).